The molecule has 1 spiro atoms. The van der Waals surface area contributed by atoms with Crippen LogP contribution >= 0.6 is 0 Å². The Morgan fingerprint density at radius 2 is 1.67 bits per heavy atom. The number of benzene rings is 2. The summed E-state index contributed by atoms with van der Waals surface area (Å²) in [4.78, 5) is 19.9. The Morgan fingerprint density at radius 1 is 1.00 bits per heavy atom. The summed E-state index contributed by atoms with van der Waals surface area (Å²) in [6.45, 7) is 4.33. The van der Waals surface area contributed by atoms with Crippen LogP contribution in [0.2, 0.25) is 0 Å². The number of nitrogens with zero attached hydrogens (tertiary/aromatic N) is 2. The molecule has 2 aliphatic heterocycles. The van der Waals surface area contributed by atoms with Crippen molar-refractivity contribution >= 4 is 6.09 Å². The van der Waals surface area contributed by atoms with Crippen molar-refractivity contribution in [3.8, 4) is 0 Å². The minimum atomic E-state index is -0.341. The molecule has 0 aliphatic carbocycles. The average Bonchev–Trinajstić information content (AvgIpc) is 2.66. The number of likely N-dealkylation sites (tertiary alicyclic amines) is 1. The minimum Gasteiger partial charge on any atom is -0.351 e. The summed E-state index contributed by atoms with van der Waals surface area (Å²) >= 11 is 0. The fourth-order valence-electron chi connectivity index (χ4n) is 3.95. The van der Waals surface area contributed by atoms with E-state index in [9.17, 15) is 4.79 Å². The number of hydroxylamine groups is 2. The Balaban J connectivity index is 1.13. The van der Waals surface area contributed by atoms with Crippen molar-refractivity contribution in [2.24, 2.45) is 0 Å². The summed E-state index contributed by atoms with van der Waals surface area (Å²) in [5.41, 5.74) is 2.83. The van der Waals surface area contributed by atoms with Gasteiger partial charge in [-0.25, -0.2) is 4.79 Å². The highest BCUT2D eigenvalue weighted by Crippen LogP contribution is 2.40. The van der Waals surface area contributed by atoms with Crippen LogP contribution in [0.5, 0.6) is 0 Å². The molecule has 2 fully saturated rings. The molecular weight excluding hydrogens is 338 g/mol. The number of rotatable bonds is 7. The highest BCUT2D eigenvalue weighted by Gasteiger charge is 2.54. The van der Waals surface area contributed by atoms with E-state index in [0.29, 0.717) is 6.54 Å². The van der Waals surface area contributed by atoms with E-state index in [1.54, 1.807) is 5.06 Å². The van der Waals surface area contributed by atoms with Gasteiger partial charge < -0.3 is 10.2 Å². The van der Waals surface area contributed by atoms with Crippen molar-refractivity contribution < 1.29 is 9.63 Å². The second kappa shape index (κ2) is 8.11. The van der Waals surface area contributed by atoms with E-state index >= 15 is 0 Å². The van der Waals surface area contributed by atoms with Crippen molar-refractivity contribution in [2.75, 3.05) is 26.2 Å². The second-order valence-corrected chi connectivity index (χ2v) is 7.57. The van der Waals surface area contributed by atoms with Crippen LogP contribution in [0.25, 0.3) is 0 Å². The van der Waals surface area contributed by atoms with Crippen molar-refractivity contribution in [2.45, 2.75) is 31.3 Å². The third-order valence-electron chi connectivity index (χ3n) is 5.64. The van der Waals surface area contributed by atoms with Crippen LogP contribution in [0.4, 0.5) is 4.79 Å². The van der Waals surface area contributed by atoms with Crippen LogP contribution in [0.15, 0.2) is 60.7 Å². The molecule has 1 amide bonds. The minimum absolute atomic E-state index is 0.198. The van der Waals surface area contributed by atoms with Crippen molar-refractivity contribution in [3.63, 3.8) is 0 Å². The molecular formula is C22H27N3O2. The Morgan fingerprint density at radius 3 is 2.30 bits per heavy atom. The first-order valence-corrected chi connectivity index (χ1v) is 9.77. The van der Waals surface area contributed by atoms with Crippen LogP contribution in [0.3, 0.4) is 0 Å². The van der Waals surface area contributed by atoms with Crippen LogP contribution in [0, 0.1) is 0 Å². The third-order valence-corrected chi connectivity index (χ3v) is 5.64. The van der Waals surface area contributed by atoms with Crippen LogP contribution in [-0.4, -0.2) is 47.8 Å². The molecule has 0 radical (unpaired) electrons. The number of carbonyl (C=O) groups is 1. The fourth-order valence-corrected chi connectivity index (χ4v) is 3.95. The number of aryl methyl sites for hydroxylation is 1. The molecule has 0 unspecified atom stereocenters. The van der Waals surface area contributed by atoms with Crippen molar-refractivity contribution in [3.05, 3.63) is 71.8 Å². The van der Waals surface area contributed by atoms with Gasteiger partial charge in [-0.05, 0) is 30.4 Å². The molecule has 2 saturated heterocycles. The number of hydrogen-bond donors (Lipinski definition) is 1. The van der Waals surface area contributed by atoms with Crippen molar-refractivity contribution in [1.29, 1.82) is 0 Å². The fraction of sp³-hybridized carbons (Fsp3) is 0.409. The van der Waals surface area contributed by atoms with Gasteiger partial charge in [-0.1, -0.05) is 60.7 Å². The van der Waals surface area contributed by atoms with Gasteiger partial charge in [-0.2, -0.15) is 0 Å². The number of nitrogens with one attached hydrogen (secondary N) is 1. The lowest BCUT2D eigenvalue weighted by Crippen LogP contribution is -2.76. The predicted molar refractivity (Wildman–Crippen MR) is 105 cm³/mol. The highest BCUT2D eigenvalue weighted by atomic mass is 16.7. The SMILES string of the molecule is O=C(NCCCc1ccccc1)ON1CC2(CCN2Cc2ccccc2)C1. The Kier molecular flexibility index (Phi) is 5.41. The maximum atomic E-state index is 12.0. The van der Waals surface area contributed by atoms with E-state index < -0.39 is 0 Å². The monoisotopic (exact) mass is 365 g/mol. The Labute approximate surface area is 160 Å². The molecule has 0 atom stereocenters. The highest BCUT2D eigenvalue weighted by molar-refractivity contribution is 5.66. The van der Waals surface area contributed by atoms with E-state index in [-0.39, 0.29) is 11.6 Å². The first kappa shape index (κ1) is 18.0. The molecule has 0 aromatic heterocycles. The van der Waals surface area contributed by atoms with Gasteiger partial charge in [0, 0.05) is 19.6 Å². The van der Waals surface area contributed by atoms with Gasteiger partial charge in [0.25, 0.3) is 0 Å². The average molecular weight is 365 g/mol. The van der Waals surface area contributed by atoms with Gasteiger partial charge in [-0.15, -0.1) is 5.06 Å². The number of carbonyl (C=O) groups excluding carboxylic acids is 1. The maximum absolute atomic E-state index is 12.0. The van der Waals surface area contributed by atoms with Crippen LogP contribution < -0.4 is 5.32 Å². The topological polar surface area (TPSA) is 44.8 Å². The molecule has 27 heavy (non-hydrogen) atoms. The first-order valence-electron chi connectivity index (χ1n) is 9.77. The molecule has 2 aliphatic rings. The lowest BCUT2D eigenvalue weighted by Gasteiger charge is -2.61. The molecule has 0 saturated carbocycles. The number of amides is 1. The summed E-state index contributed by atoms with van der Waals surface area (Å²) in [6, 6.07) is 20.9. The van der Waals surface area contributed by atoms with E-state index in [1.165, 1.54) is 17.5 Å². The molecule has 4 rings (SSSR count). The molecule has 142 valence electrons. The standard InChI is InChI=1S/C22H27N3O2/c26-21(23-14-7-12-19-8-3-1-4-9-19)27-25-17-22(18-25)13-15-24(22)16-20-10-5-2-6-11-20/h1-6,8-11H,7,12-18H2,(H,23,26). The van der Waals surface area contributed by atoms with E-state index in [4.69, 9.17) is 4.84 Å². The summed E-state index contributed by atoms with van der Waals surface area (Å²) in [5.74, 6) is 0. The molecule has 2 aromatic carbocycles. The lowest BCUT2D eigenvalue weighted by molar-refractivity contribution is -0.246. The smallest absolute Gasteiger partial charge is 0.351 e. The second-order valence-electron chi connectivity index (χ2n) is 7.57. The number of hydrogen-bond acceptors (Lipinski definition) is 4. The van der Waals surface area contributed by atoms with Crippen LogP contribution in [0.1, 0.15) is 24.0 Å². The molecule has 5 heteroatoms. The van der Waals surface area contributed by atoms with Gasteiger partial charge in [0.2, 0.25) is 0 Å². The zero-order valence-electron chi connectivity index (χ0n) is 15.6. The molecule has 5 nitrogen and oxygen atoms in total. The summed E-state index contributed by atoms with van der Waals surface area (Å²) in [5, 5.41) is 4.63. The zero-order valence-corrected chi connectivity index (χ0v) is 15.6. The Bertz CT molecular complexity index is 745. The maximum Gasteiger partial charge on any atom is 0.426 e. The lowest BCUT2D eigenvalue weighted by atomic mass is 9.78. The van der Waals surface area contributed by atoms with Gasteiger partial charge in [0.1, 0.15) is 0 Å². The van der Waals surface area contributed by atoms with Gasteiger partial charge in [0.05, 0.1) is 18.6 Å². The van der Waals surface area contributed by atoms with E-state index in [2.05, 4.69) is 46.6 Å². The van der Waals surface area contributed by atoms with E-state index in [0.717, 1.165) is 39.0 Å². The van der Waals surface area contributed by atoms with Gasteiger partial charge in [0.15, 0.2) is 0 Å². The quantitative estimate of drug-likeness (QED) is 0.765. The summed E-state index contributed by atoms with van der Waals surface area (Å²) < 4.78 is 0. The molecule has 0 bridgehead atoms. The summed E-state index contributed by atoms with van der Waals surface area (Å²) in [7, 11) is 0. The van der Waals surface area contributed by atoms with Gasteiger partial charge in [-0.3, -0.25) is 4.90 Å². The zero-order chi connectivity index (χ0) is 18.5. The predicted octanol–water partition coefficient (Wildman–Crippen LogP) is 3.22. The molecule has 1 N–H and O–H groups in total. The molecule has 2 aromatic rings. The Hall–Kier alpha value is -2.37. The first-order chi connectivity index (χ1) is 13.2. The van der Waals surface area contributed by atoms with Crippen LogP contribution in [-0.2, 0) is 17.8 Å². The largest absolute Gasteiger partial charge is 0.426 e. The summed E-state index contributed by atoms with van der Waals surface area (Å²) in [6.07, 6.45) is 2.71. The normalized spacial score (nSPS) is 18.5. The van der Waals surface area contributed by atoms with E-state index in [1.807, 2.05) is 24.3 Å². The van der Waals surface area contributed by atoms with Gasteiger partial charge >= 0.3 is 6.09 Å². The molecule has 2 heterocycles. The third kappa shape index (κ3) is 4.31. The van der Waals surface area contributed by atoms with Crippen molar-refractivity contribution in [1.82, 2.24) is 15.3 Å².